The molecule has 0 saturated heterocycles. The number of fused-ring (bicyclic) bond motifs is 3. The van der Waals surface area contributed by atoms with E-state index in [9.17, 15) is 14.4 Å². The van der Waals surface area contributed by atoms with E-state index in [2.05, 4.69) is 99.9 Å². The maximum atomic E-state index is 11.6. The number of aromatic nitrogens is 4. The van der Waals surface area contributed by atoms with E-state index in [-0.39, 0.29) is 29.8 Å². The summed E-state index contributed by atoms with van der Waals surface area (Å²) in [5.41, 5.74) is 26.0. The molecule has 328 valence electrons. The quantitative estimate of drug-likeness (QED) is 0.110. The van der Waals surface area contributed by atoms with Gasteiger partial charge in [0.05, 0.1) is 28.9 Å². The first-order chi connectivity index (χ1) is 28.5. The maximum Gasteiger partial charge on any atom is 0.312 e. The Bertz CT molecular complexity index is 2410. The average Bonchev–Trinajstić information content (AvgIpc) is 3.16. The molecule has 2 aromatic carbocycles. The van der Waals surface area contributed by atoms with Gasteiger partial charge < -0.3 is 32.9 Å². The van der Waals surface area contributed by atoms with Gasteiger partial charge in [-0.15, -0.1) is 0 Å². The Morgan fingerprint density at radius 2 is 1.15 bits per heavy atom. The van der Waals surface area contributed by atoms with Crippen LogP contribution < -0.4 is 27.8 Å². The molecular formula is C46H63ClN10O4. The highest BCUT2D eigenvalue weighted by Gasteiger charge is 2.31. The van der Waals surface area contributed by atoms with Crippen molar-refractivity contribution >= 4 is 62.8 Å². The molecule has 0 bridgehead atoms. The van der Waals surface area contributed by atoms with Gasteiger partial charge in [0, 0.05) is 30.8 Å². The molecule has 61 heavy (non-hydrogen) atoms. The predicted octanol–water partition coefficient (Wildman–Crippen LogP) is 7.22. The van der Waals surface area contributed by atoms with Crippen LogP contribution in [0.2, 0.25) is 5.15 Å². The highest BCUT2D eigenvalue weighted by molar-refractivity contribution is 6.34. The SMILES string of the molecule is CC(N)=O.CC1=CC(N)C(C(=O)O)C=C1C.CC1=CC2N=C(C)NC(=O)C2C=C1C.CN.CNc1nc(C)nc2cc(C)c(C)cc12.Cc1nc(Cl)c2cc(C)c(C)cc2n1. The van der Waals surface area contributed by atoms with Crippen LogP contribution in [0.4, 0.5) is 5.82 Å². The summed E-state index contributed by atoms with van der Waals surface area (Å²) in [5, 5.41) is 17.2. The van der Waals surface area contributed by atoms with Crippen LogP contribution in [0.1, 0.15) is 75.4 Å². The molecule has 0 saturated carbocycles. The number of allylic oxidation sites excluding steroid dienone is 4. The van der Waals surface area contributed by atoms with Gasteiger partial charge in [-0.25, -0.2) is 19.9 Å². The lowest BCUT2D eigenvalue weighted by molar-refractivity contribution is -0.140. The first-order valence-corrected chi connectivity index (χ1v) is 20.2. The zero-order chi connectivity index (χ0) is 46.5. The maximum absolute atomic E-state index is 11.6. The van der Waals surface area contributed by atoms with Gasteiger partial charge in [0.25, 0.3) is 0 Å². The fourth-order valence-electron chi connectivity index (χ4n) is 6.28. The summed E-state index contributed by atoms with van der Waals surface area (Å²) in [4.78, 5) is 53.2. The van der Waals surface area contributed by atoms with E-state index >= 15 is 0 Å². The molecule has 3 heterocycles. The monoisotopic (exact) mass is 854 g/mol. The highest BCUT2D eigenvalue weighted by atomic mass is 35.5. The van der Waals surface area contributed by atoms with Crippen molar-refractivity contribution in [3.8, 4) is 0 Å². The molecule has 1 aliphatic heterocycles. The van der Waals surface area contributed by atoms with Crippen LogP contribution in [-0.2, 0) is 14.4 Å². The van der Waals surface area contributed by atoms with Crippen molar-refractivity contribution in [2.75, 3.05) is 19.4 Å². The Morgan fingerprint density at radius 3 is 1.67 bits per heavy atom. The van der Waals surface area contributed by atoms with Gasteiger partial charge >= 0.3 is 5.97 Å². The summed E-state index contributed by atoms with van der Waals surface area (Å²) in [6, 6.07) is 7.95. The van der Waals surface area contributed by atoms with Gasteiger partial charge in [-0.1, -0.05) is 58.2 Å². The number of amidine groups is 1. The standard InChI is InChI=1S/C12H15N3.C11H11ClN2.C11H14N2O.C9H13NO2.C2H5NO.CH5N/c1-7-5-10-11(6-8(7)2)14-9(3)15-12(10)13-4;1-6-4-9-10(5-7(6)2)13-8(3)14-11(9)12;1-6-4-9-10(5-7(6)2)12-8(3)13-11(9)14;1-5-3-7(9(11)12)8(10)4-6(5)2;1-2(3)4;1-2/h5-6H,1-4H3,(H,13,14,15);4-5H,1-3H3;4-5,9-10H,1-3H3,(H,12,13,14);3-4,7-8H,10H2,1-2H3,(H,11,12);1H3,(H2,3,4);2H2,1H3. The number of nitrogens with one attached hydrogen (secondary N) is 2. The third-order valence-electron chi connectivity index (χ3n) is 10.0. The second-order valence-electron chi connectivity index (χ2n) is 15.0. The zero-order valence-corrected chi connectivity index (χ0v) is 38.7. The van der Waals surface area contributed by atoms with E-state index in [1.54, 1.807) is 12.2 Å². The Kier molecular flexibility index (Phi) is 19.6. The van der Waals surface area contributed by atoms with E-state index in [1.807, 2.05) is 66.8 Å². The normalized spacial score (nSPS) is 18.5. The predicted molar refractivity (Wildman–Crippen MR) is 250 cm³/mol. The van der Waals surface area contributed by atoms with Crippen LogP contribution in [0.15, 0.2) is 75.9 Å². The number of aliphatic carboxylic acids is 1. The second-order valence-corrected chi connectivity index (χ2v) is 15.4. The minimum Gasteiger partial charge on any atom is -0.481 e. The van der Waals surface area contributed by atoms with Crippen molar-refractivity contribution in [3.63, 3.8) is 0 Å². The number of nitrogens with two attached hydrogens (primary N) is 3. The van der Waals surface area contributed by atoms with Crippen LogP contribution in [0.5, 0.6) is 0 Å². The molecule has 4 atom stereocenters. The van der Waals surface area contributed by atoms with Crippen molar-refractivity contribution in [3.05, 3.63) is 110 Å². The first kappa shape index (κ1) is 51.3. The van der Waals surface area contributed by atoms with Crippen molar-refractivity contribution in [2.45, 2.75) is 95.2 Å². The smallest absolute Gasteiger partial charge is 0.312 e. The van der Waals surface area contributed by atoms with Gasteiger partial charge in [-0.05, 0) is 130 Å². The molecule has 0 fully saturated rings. The Balaban J connectivity index is 0.000000269. The number of carboxylic acids is 1. The topological polar surface area (TPSA) is 237 Å². The van der Waals surface area contributed by atoms with Crippen molar-refractivity contribution in [1.82, 2.24) is 25.3 Å². The number of carboxylic acid groups (broad SMARTS) is 1. The molecule has 2 aromatic heterocycles. The highest BCUT2D eigenvalue weighted by Crippen LogP contribution is 2.28. The average molecular weight is 856 g/mol. The largest absolute Gasteiger partial charge is 0.481 e. The van der Waals surface area contributed by atoms with Gasteiger partial charge in [0.2, 0.25) is 11.8 Å². The first-order valence-electron chi connectivity index (χ1n) is 19.8. The molecular weight excluding hydrogens is 792 g/mol. The number of rotatable bonds is 2. The lowest BCUT2D eigenvalue weighted by atomic mass is 9.86. The number of amides is 2. The van der Waals surface area contributed by atoms with E-state index in [4.69, 9.17) is 22.4 Å². The van der Waals surface area contributed by atoms with E-state index in [0.29, 0.717) is 16.8 Å². The lowest BCUT2D eigenvalue weighted by Gasteiger charge is -2.28. The van der Waals surface area contributed by atoms with Crippen LogP contribution in [0, 0.1) is 53.4 Å². The molecule has 9 N–H and O–H groups in total. The van der Waals surface area contributed by atoms with Gasteiger partial charge in [0.15, 0.2) is 0 Å². The van der Waals surface area contributed by atoms with Crippen LogP contribution in [-0.4, -0.2) is 74.8 Å². The Hall–Kier alpha value is -5.83. The summed E-state index contributed by atoms with van der Waals surface area (Å²) >= 11 is 6.04. The number of carbonyl (C=O) groups is 3. The van der Waals surface area contributed by atoms with Crippen molar-refractivity contribution < 1.29 is 19.5 Å². The molecule has 7 rings (SSSR count). The molecule has 2 aliphatic carbocycles. The number of aryl methyl sites for hydroxylation is 6. The number of aliphatic imine (C=N–C) groups is 1. The van der Waals surface area contributed by atoms with Crippen LogP contribution >= 0.6 is 11.6 Å². The number of primary amides is 1. The van der Waals surface area contributed by atoms with E-state index < -0.39 is 11.9 Å². The minimum absolute atomic E-state index is 0.00690. The van der Waals surface area contributed by atoms with Gasteiger partial charge in [-0.3, -0.25) is 19.4 Å². The number of benzene rings is 2. The molecule has 0 radical (unpaired) electrons. The molecule has 15 heteroatoms. The lowest BCUT2D eigenvalue weighted by Crippen LogP contribution is -2.44. The number of hydrogen-bond donors (Lipinski definition) is 6. The zero-order valence-electron chi connectivity index (χ0n) is 37.9. The van der Waals surface area contributed by atoms with Crippen molar-refractivity contribution in [2.24, 2.45) is 34.0 Å². The summed E-state index contributed by atoms with van der Waals surface area (Å²) in [7, 11) is 3.39. The number of hydrogen-bond acceptors (Lipinski definition) is 11. The summed E-state index contributed by atoms with van der Waals surface area (Å²) in [6.45, 7) is 23.1. The second kappa shape index (κ2) is 23.2. The molecule has 4 aromatic rings. The summed E-state index contributed by atoms with van der Waals surface area (Å²) in [5.74, 6) is 1.34. The van der Waals surface area contributed by atoms with E-state index in [0.717, 1.165) is 44.6 Å². The number of anilines is 1. The fourth-order valence-corrected chi connectivity index (χ4v) is 6.56. The van der Waals surface area contributed by atoms with Gasteiger partial charge in [0.1, 0.15) is 28.5 Å². The van der Waals surface area contributed by atoms with Crippen LogP contribution in [0.25, 0.3) is 21.8 Å². The van der Waals surface area contributed by atoms with E-state index in [1.165, 1.54) is 47.4 Å². The fraction of sp³-hybridized carbons (Fsp3) is 0.391. The molecule has 14 nitrogen and oxygen atoms in total. The summed E-state index contributed by atoms with van der Waals surface area (Å²) in [6.07, 6.45) is 7.59. The minimum atomic E-state index is -0.856. The number of halogens is 1. The third kappa shape index (κ3) is 14.7. The molecule has 0 spiro atoms. The molecule has 4 unspecified atom stereocenters. The molecule has 2 amide bonds. The van der Waals surface area contributed by atoms with Crippen LogP contribution in [0.3, 0.4) is 0 Å². The van der Waals surface area contributed by atoms with Gasteiger partial charge in [-0.2, -0.15) is 0 Å². The third-order valence-corrected chi connectivity index (χ3v) is 10.3. The Labute approximate surface area is 365 Å². The number of nitrogens with zero attached hydrogens (tertiary/aromatic N) is 5. The molecule has 3 aliphatic rings. The Morgan fingerprint density at radius 1 is 0.705 bits per heavy atom. The van der Waals surface area contributed by atoms with Crippen molar-refractivity contribution in [1.29, 1.82) is 0 Å². The summed E-state index contributed by atoms with van der Waals surface area (Å²) < 4.78 is 0. The number of carbonyl (C=O) groups excluding carboxylic acids is 2.